The van der Waals surface area contributed by atoms with Gasteiger partial charge in [0, 0.05) is 6.42 Å². The molecule has 114 valence electrons. The molecule has 22 heavy (non-hydrogen) atoms. The highest BCUT2D eigenvalue weighted by Crippen LogP contribution is 2.27. The standard InChI is InChI=1S/C19H20FNO/c1-14(2)18-5-3-4-6-19(18)22-12-11-16(13-21)15-7-9-17(20)10-8-15/h3-10,14,16H,11-12H2,1-2H3. The molecule has 0 heterocycles. The highest BCUT2D eigenvalue weighted by atomic mass is 19.1. The summed E-state index contributed by atoms with van der Waals surface area (Å²) < 4.78 is 18.8. The van der Waals surface area contributed by atoms with Gasteiger partial charge in [-0.05, 0) is 35.2 Å². The Morgan fingerprint density at radius 1 is 1.09 bits per heavy atom. The Balaban J connectivity index is 1.98. The fourth-order valence-electron chi connectivity index (χ4n) is 2.38. The van der Waals surface area contributed by atoms with Crippen molar-refractivity contribution in [3.63, 3.8) is 0 Å². The first kappa shape index (κ1) is 16.0. The lowest BCUT2D eigenvalue weighted by molar-refractivity contribution is 0.302. The number of hydrogen-bond acceptors (Lipinski definition) is 2. The fourth-order valence-corrected chi connectivity index (χ4v) is 2.38. The minimum atomic E-state index is -0.289. The number of ether oxygens (including phenoxy) is 1. The van der Waals surface area contributed by atoms with E-state index in [9.17, 15) is 9.65 Å². The quantitative estimate of drug-likeness (QED) is 0.749. The number of halogens is 1. The molecule has 0 spiro atoms. The van der Waals surface area contributed by atoms with Crippen LogP contribution in [-0.2, 0) is 0 Å². The molecule has 2 aromatic rings. The zero-order valence-electron chi connectivity index (χ0n) is 12.9. The SMILES string of the molecule is CC(C)c1ccccc1OCCC(C#N)c1ccc(F)cc1. The maximum Gasteiger partial charge on any atom is 0.123 e. The first-order valence-electron chi connectivity index (χ1n) is 7.48. The number of hydrogen-bond donors (Lipinski definition) is 0. The van der Waals surface area contributed by atoms with Crippen LogP contribution in [-0.4, -0.2) is 6.61 Å². The van der Waals surface area contributed by atoms with Crippen LogP contribution >= 0.6 is 0 Å². The van der Waals surface area contributed by atoms with Crippen LogP contribution in [0.5, 0.6) is 5.75 Å². The lowest BCUT2D eigenvalue weighted by Gasteiger charge is -2.15. The highest BCUT2D eigenvalue weighted by Gasteiger charge is 2.12. The Kier molecular flexibility index (Phi) is 5.55. The van der Waals surface area contributed by atoms with Gasteiger partial charge in [0.1, 0.15) is 11.6 Å². The molecule has 0 bridgehead atoms. The van der Waals surface area contributed by atoms with Crippen molar-refractivity contribution in [2.24, 2.45) is 0 Å². The molecule has 0 N–H and O–H groups in total. The summed E-state index contributed by atoms with van der Waals surface area (Å²) in [5.74, 6) is 0.683. The molecule has 1 unspecified atom stereocenters. The number of para-hydroxylation sites is 1. The normalized spacial score (nSPS) is 12.0. The maximum atomic E-state index is 12.9. The number of nitrogens with zero attached hydrogens (tertiary/aromatic N) is 1. The molecule has 0 amide bonds. The molecule has 0 aliphatic heterocycles. The number of rotatable bonds is 6. The van der Waals surface area contributed by atoms with Crippen LogP contribution in [0.3, 0.4) is 0 Å². The summed E-state index contributed by atoms with van der Waals surface area (Å²) in [6.45, 7) is 4.71. The van der Waals surface area contributed by atoms with E-state index in [1.807, 2.05) is 18.2 Å². The van der Waals surface area contributed by atoms with Crippen molar-refractivity contribution in [3.05, 3.63) is 65.5 Å². The molecule has 0 aromatic heterocycles. The Morgan fingerprint density at radius 3 is 2.41 bits per heavy atom. The lowest BCUT2D eigenvalue weighted by atomic mass is 9.97. The van der Waals surface area contributed by atoms with Crippen molar-refractivity contribution < 1.29 is 9.13 Å². The van der Waals surface area contributed by atoms with Crippen molar-refractivity contribution in [2.75, 3.05) is 6.61 Å². The summed E-state index contributed by atoms with van der Waals surface area (Å²) >= 11 is 0. The molecule has 1 atom stereocenters. The van der Waals surface area contributed by atoms with Gasteiger partial charge >= 0.3 is 0 Å². The molecule has 0 aliphatic rings. The van der Waals surface area contributed by atoms with Gasteiger partial charge in [-0.2, -0.15) is 5.26 Å². The molecule has 0 saturated heterocycles. The average Bonchev–Trinajstić information content (AvgIpc) is 2.53. The summed E-state index contributed by atoms with van der Waals surface area (Å²) in [7, 11) is 0. The fraction of sp³-hybridized carbons (Fsp3) is 0.316. The molecule has 0 radical (unpaired) electrons. The summed E-state index contributed by atoms with van der Waals surface area (Å²) in [6.07, 6.45) is 0.578. The van der Waals surface area contributed by atoms with E-state index >= 15 is 0 Å². The largest absolute Gasteiger partial charge is 0.493 e. The van der Waals surface area contributed by atoms with E-state index in [4.69, 9.17) is 4.74 Å². The van der Waals surface area contributed by atoms with E-state index < -0.39 is 0 Å². The molecular weight excluding hydrogens is 277 g/mol. The van der Waals surface area contributed by atoms with Gasteiger partial charge in [0.05, 0.1) is 18.6 Å². The van der Waals surface area contributed by atoms with Gasteiger partial charge in [-0.1, -0.05) is 44.2 Å². The number of benzene rings is 2. The Hall–Kier alpha value is -2.34. The second-order valence-electron chi connectivity index (χ2n) is 5.56. The van der Waals surface area contributed by atoms with Crippen molar-refractivity contribution >= 4 is 0 Å². The van der Waals surface area contributed by atoms with Gasteiger partial charge in [0.15, 0.2) is 0 Å². The van der Waals surface area contributed by atoms with E-state index in [1.165, 1.54) is 12.1 Å². The average molecular weight is 297 g/mol. The molecule has 0 fully saturated rings. The third-order valence-electron chi connectivity index (χ3n) is 3.63. The van der Waals surface area contributed by atoms with E-state index in [1.54, 1.807) is 12.1 Å². The molecule has 2 rings (SSSR count). The van der Waals surface area contributed by atoms with Crippen molar-refractivity contribution in [2.45, 2.75) is 32.1 Å². The van der Waals surface area contributed by atoms with Crippen LogP contribution in [0.15, 0.2) is 48.5 Å². The second-order valence-corrected chi connectivity index (χ2v) is 5.56. The Bertz CT molecular complexity index is 643. The first-order valence-corrected chi connectivity index (χ1v) is 7.48. The molecule has 2 aromatic carbocycles. The molecule has 0 aliphatic carbocycles. The van der Waals surface area contributed by atoms with E-state index in [-0.39, 0.29) is 11.7 Å². The third kappa shape index (κ3) is 4.08. The van der Waals surface area contributed by atoms with Crippen molar-refractivity contribution in [1.29, 1.82) is 5.26 Å². The van der Waals surface area contributed by atoms with Crippen LogP contribution in [0.4, 0.5) is 4.39 Å². The molecular formula is C19H20FNO. The van der Waals surface area contributed by atoms with Crippen LogP contribution in [0, 0.1) is 17.1 Å². The highest BCUT2D eigenvalue weighted by molar-refractivity contribution is 5.35. The number of nitriles is 1. The van der Waals surface area contributed by atoms with Gasteiger partial charge < -0.3 is 4.74 Å². The van der Waals surface area contributed by atoms with Gasteiger partial charge in [-0.25, -0.2) is 4.39 Å². The molecule has 3 heteroatoms. The monoisotopic (exact) mass is 297 g/mol. The lowest BCUT2D eigenvalue weighted by Crippen LogP contribution is -2.06. The molecule has 2 nitrogen and oxygen atoms in total. The predicted octanol–water partition coefficient (Wildman–Crippen LogP) is 5.03. The minimum Gasteiger partial charge on any atom is -0.493 e. The third-order valence-corrected chi connectivity index (χ3v) is 3.63. The van der Waals surface area contributed by atoms with E-state index in [2.05, 4.69) is 26.0 Å². The zero-order valence-corrected chi connectivity index (χ0v) is 12.9. The molecule has 0 saturated carbocycles. The minimum absolute atomic E-state index is 0.285. The van der Waals surface area contributed by atoms with Crippen LogP contribution in [0.2, 0.25) is 0 Å². The summed E-state index contributed by atoms with van der Waals surface area (Å²) in [5.41, 5.74) is 1.99. The summed E-state index contributed by atoms with van der Waals surface area (Å²) in [4.78, 5) is 0. The van der Waals surface area contributed by atoms with Crippen LogP contribution < -0.4 is 4.74 Å². The van der Waals surface area contributed by atoms with Crippen LogP contribution in [0.25, 0.3) is 0 Å². The Morgan fingerprint density at radius 2 is 1.77 bits per heavy atom. The smallest absolute Gasteiger partial charge is 0.123 e. The van der Waals surface area contributed by atoms with E-state index in [0.29, 0.717) is 18.9 Å². The second kappa shape index (κ2) is 7.61. The Labute approximate surface area is 131 Å². The maximum absolute atomic E-state index is 12.9. The predicted molar refractivity (Wildman–Crippen MR) is 85.4 cm³/mol. The van der Waals surface area contributed by atoms with Gasteiger partial charge in [-0.3, -0.25) is 0 Å². The van der Waals surface area contributed by atoms with Crippen molar-refractivity contribution in [1.82, 2.24) is 0 Å². The van der Waals surface area contributed by atoms with Crippen LogP contribution in [0.1, 0.15) is 43.2 Å². The summed E-state index contributed by atoms with van der Waals surface area (Å²) in [6, 6.07) is 16.3. The van der Waals surface area contributed by atoms with Gasteiger partial charge in [0.25, 0.3) is 0 Å². The summed E-state index contributed by atoms with van der Waals surface area (Å²) in [5, 5.41) is 9.29. The van der Waals surface area contributed by atoms with E-state index in [0.717, 1.165) is 16.9 Å². The first-order chi connectivity index (χ1) is 10.6. The topological polar surface area (TPSA) is 33.0 Å². The van der Waals surface area contributed by atoms with Gasteiger partial charge in [-0.15, -0.1) is 0 Å². The van der Waals surface area contributed by atoms with Gasteiger partial charge in [0.2, 0.25) is 0 Å². The zero-order chi connectivity index (χ0) is 15.9. The van der Waals surface area contributed by atoms with Crippen molar-refractivity contribution in [3.8, 4) is 11.8 Å².